The van der Waals surface area contributed by atoms with Gasteiger partial charge >= 0.3 is 6.18 Å². The van der Waals surface area contributed by atoms with E-state index >= 15 is 0 Å². The lowest BCUT2D eigenvalue weighted by Gasteiger charge is -2.15. The van der Waals surface area contributed by atoms with Crippen LogP contribution in [0.4, 0.5) is 13.2 Å². The van der Waals surface area contributed by atoms with Crippen molar-refractivity contribution in [2.75, 3.05) is 0 Å². The van der Waals surface area contributed by atoms with E-state index in [0.29, 0.717) is 0 Å². The maximum Gasteiger partial charge on any atom is 0.417 e. The predicted octanol–water partition coefficient (Wildman–Crippen LogP) is 2.38. The molecule has 1 aromatic heterocycles. The highest BCUT2D eigenvalue weighted by Gasteiger charge is 2.41. The molecule has 1 amide bonds. The van der Waals surface area contributed by atoms with Crippen molar-refractivity contribution < 1.29 is 18.0 Å². The van der Waals surface area contributed by atoms with Gasteiger partial charge in [-0.2, -0.15) is 13.2 Å². The fraction of sp³-hybridized carbons (Fsp3) is 0.455. The number of alkyl halides is 3. The van der Waals surface area contributed by atoms with E-state index in [9.17, 15) is 18.0 Å². The molecule has 0 atom stereocenters. The van der Waals surface area contributed by atoms with E-state index < -0.39 is 23.2 Å². The third-order valence-electron chi connectivity index (χ3n) is 2.79. The van der Waals surface area contributed by atoms with Crippen LogP contribution in [0.25, 0.3) is 0 Å². The SMILES string of the molecule is CC1(NC(=O)c2cnccc2C(F)(F)F)CC1. The molecule has 1 aliphatic carbocycles. The van der Waals surface area contributed by atoms with Crippen molar-refractivity contribution in [3.05, 3.63) is 29.6 Å². The van der Waals surface area contributed by atoms with Gasteiger partial charge in [-0.25, -0.2) is 0 Å². The average molecular weight is 244 g/mol. The third-order valence-corrected chi connectivity index (χ3v) is 2.79. The molecule has 1 fully saturated rings. The Balaban J connectivity index is 2.28. The molecule has 0 bridgehead atoms. The van der Waals surface area contributed by atoms with Crippen LogP contribution in [0.3, 0.4) is 0 Å². The fourth-order valence-electron chi connectivity index (χ4n) is 1.48. The molecule has 6 heteroatoms. The number of pyridine rings is 1. The van der Waals surface area contributed by atoms with Crippen LogP contribution in [0, 0.1) is 0 Å². The van der Waals surface area contributed by atoms with Crippen LogP contribution in [-0.2, 0) is 6.18 Å². The number of rotatable bonds is 2. The average Bonchev–Trinajstić information content (AvgIpc) is 2.95. The monoisotopic (exact) mass is 244 g/mol. The largest absolute Gasteiger partial charge is 0.417 e. The predicted molar refractivity (Wildman–Crippen MR) is 54.3 cm³/mol. The Morgan fingerprint density at radius 2 is 2.12 bits per heavy atom. The lowest BCUT2D eigenvalue weighted by Crippen LogP contribution is -2.35. The van der Waals surface area contributed by atoms with E-state index in [4.69, 9.17) is 0 Å². The van der Waals surface area contributed by atoms with Gasteiger partial charge in [0.1, 0.15) is 0 Å². The van der Waals surface area contributed by atoms with Gasteiger partial charge in [0.15, 0.2) is 0 Å². The van der Waals surface area contributed by atoms with Crippen LogP contribution in [-0.4, -0.2) is 16.4 Å². The number of hydrogen-bond acceptors (Lipinski definition) is 2. The first-order valence-electron chi connectivity index (χ1n) is 5.16. The summed E-state index contributed by atoms with van der Waals surface area (Å²) in [4.78, 5) is 15.3. The van der Waals surface area contributed by atoms with E-state index in [1.165, 1.54) is 0 Å². The van der Waals surface area contributed by atoms with Crippen LogP contribution in [0.2, 0.25) is 0 Å². The highest BCUT2D eigenvalue weighted by Crippen LogP contribution is 2.36. The first-order chi connectivity index (χ1) is 7.82. The Bertz CT molecular complexity index is 452. The Kier molecular flexibility index (Phi) is 2.60. The molecule has 1 heterocycles. The number of carbonyl (C=O) groups is 1. The Morgan fingerprint density at radius 3 is 2.65 bits per heavy atom. The van der Waals surface area contributed by atoms with Crippen molar-refractivity contribution in [2.45, 2.75) is 31.5 Å². The van der Waals surface area contributed by atoms with E-state index in [1.807, 2.05) is 0 Å². The van der Waals surface area contributed by atoms with Crippen LogP contribution in [0.1, 0.15) is 35.7 Å². The number of carbonyl (C=O) groups excluding carboxylic acids is 1. The van der Waals surface area contributed by atoms with Crippen molar-refractivity contribution in [2.24, 2.45) is 0 Å². The number of amides is 1. The summed E-state index contributed by atoms with van der Waals surface area (Å²) in [5, 5.41) is 2.58. The van der Waals surface area contributed by atoms with Gasteiger partial charge in [-0.3, -0.25) is 9.78 Å². The minimum Gasteiger partial charge on any atom is -0.347 e. The molecule has 0 saturated heterocycles. The summed E-state index contributed by atoms with van der Waals surface area (Å²) in [7, 11) is 0. The van der Waals surface area contributed by atoms with E-state index in [1.54, 1.807) is 6.92 Å². The summed E-state index contributed by atoms with van der Waals surface area (Å²) in [5.41, 5.74) is -1.72. The maximum atomic E-state index is 12.6. The summed E-state index contributed by atoms with van der Waals surface area (Å²) in [6, 6.07) is 0.810. The van der Waals surface area contributed by atoms with Crippen molar-refractivity contribution in [3.63, 3.8) is 0 Å². The fourth-order valence-corrected chi connectivity index (χ4v) is 1.48. The van der Waals surface area contributed by atoms with Crippen molar-refractivity contribution >= 4 is 5.91 Å². The molecule has 17 heavy (non-hydrogen) atoms. The molecule has 1 aliphatic rings. The van der Waals surface area contributed by atoms with Gasteiger partial charge < -0.3 is 5.32 Å². The molecule has 0 spiro atoms. The number of aromatic nitrogens is 1. The van der Waals surface area contributed by atoms with Gasteiger partial charge in [-0.15, -0.1) is 0 Å². The third kappa shape index (κ3) is 2.57. The zero-order valence-corrected chi connectivity index (χ0v) is 9.14. The lowest BCUT2D eigenvalue weighted by atomic mass is 10.1. The summed E-state index contributed by atoms with van der Waals surface area (Å²) in [6.07, 6.45) is -0.983. The highest BCUT2D eigenvalue weighted by atomic mass is 19.4. The summed E-state index contributed by atoms with van der Waals surface area (Å²) < 4.78 is 37.9. The smallest absolute Gasteiger partial charge is 0.347 e. The topological polar surface area (TPSA) is 42.0 Å². The standard InChI is InChI=1S/C11H11F3N2O/c1-10(3-4-10)16-9(17)7-6-15-5-2-8(7)11(12,13)14/h2,5-6H,3-4H2,1H3,(H,16,17). The Morgan fingerprint density at radius 1 is 1.47 bits per heavy atom. The van der Waals surface area contributed by atoms with Crippen LogP contribution >= 0.6 is 0 Å². The summed E-state index contributed by atoms with van der Waals surface area (Å²) in [6.45, 7) is 1.80. The Hall–Kier alpha value is -1.59. The van der Waals surface area contributed by atoms with Crippen molar-refractivity contribution in [1.29, 1.82) is 0 Å². The number of nitrogens with zero attached hydrogens (tertiary/aromatic N) is 1. The second-order valence-electron chi connectivity index (χ2n) is 4.43. The normalized spacial score (nSPS) is 17.6. The van der Waals surface area contributed by atoms with E-state index in [-0.39, 0.29) is 5.54 Å². The van der Waals surface area contributed by atoms with Gasteiger partial charge in [-0.1, -0.05) is 0 Å². The molecule has 3 nitrogen and oxygen atoms in total. The molecule has 0 aliphatic heterocycles. The molecular formula is C11H11F3N2O. The second-order valence-corrected chi connectivity index (χ2v) is 4.43. The summed E-state index contributed by atoms with van der Waals surface area (Å²) in [5.74, 6) is -0.717. The Labute approximate surface area is 96.0 Å². The molecule has 0 radical (unpaired) electrons. The van der Waals surface area contributed by atoms with Crippen LogP contribution < -0.4 is 5.32 Å². The number of nitrogens with one attached hydrogen (secondary N) is 1. The molecule has 0 unspecified atom stereocenters. The maximum absolute atomic E-state index is 12.6. The second kappa shape index (κ2) is 3.72. The van der Waals surface area contributed by atoms with Crippen LogP contribution in [0.5, 0.6) is 0 Å². The minimum absolute atomic E-state index is 0.351. The van der Waals surface area contributed by atoms with Gasteiger partial charge in [0.2, 0.25) is 0 Å². The first-order valence-corrected chi connectivity index (χ1v) is 5.16. The van der Waals surface area contributed by atoms with Crippen LogP contribution in [0.15, 0.2) is 18.5 Å². The van der Waals surface area contributed by atoms with Crippen molar-refractivity contribution in [3.8, 4) is 0 Å². The quantitative estimate of drug-likeness (QED) is 0.867. The van der Waals surface area contributed by atoms with Gasteiger partial charge in [0.25, 0.3) is 5.91 Å². The molecule has 0 aromatic carbocycles. The molecule has 2 rings (SSSR count). The number of hydrogen-bond donors (Lipinski definition) is 1. The first kappa shape index (κ1) is 11.9. The zero-order valence-electron chi connectivity index (χ0n) is 9.14. The molecule has 1 saturated carbocycles. The molecule has 1 aromatic rings. The minimum atomic E-state index is -4.54. The summed E-state index contributed by atoms with van der Waals surface area (Å²) >= 11 is 0. The van der Waals surface area contributed by atoms with Gasteiger partial charge in [0, 0.05) is 17.9 Å². The van der Waals surface area contributed by atoms with E-state index in [0.717, 1.165) is 31.3 Å². The molecule has 1 N–H and O–H groups in total. The van der Waals surface area contributed by atoms with Gasteiger partial charge in [0.05, 0.1) is 11.1 Å². The molecule has 92 valence electrons. The zero-order chi connectivity index (χ0) is 12.7. The molecular weight excluding hydrogens is 233 g/mol. The lowest BCUT2D eigenvalue weighted by molar-refractivity contribution is -0.138. The highest BCUT2D eigenvalue weighted by molar-refractivity contribution is 5.96. The van der Waals surface area contributed by atoms with Gasteiger partial charge in [-0.05, 0) is 25.8 Å². The van der Waals surface area contributed by atoms with Crippen molar-refractivity contribution in [1.82, 2.24) is 10.3 Å². The van der Waals surface area contributed by atoms with E-state index in [2.05, 4.69) is 10.3 Å². The number of halogens is 3.